The van der Waals surface area contributed by atoms with Gasteiger partial charge in [-0.15, -0.1) is 0 Å². The van der Waals surface area contributed by atoms with Crippen LogP contribution in [-0.4, -0.2) is 25.3 Å². The van der Waals surface area contributed by atoms with Gasteiger partial charge in [-0.25, -0.2) is 8.42 Å². The molecule has 0 saturated heterocycles. The lowest BCUT2D eigenvalue weighted by Crippen LogP contribution is -2.24. The van der Waals surface area contributed by atoms with E-state index in [-0.39, 0.29) is 17.4 Å². The molecule has 4 nitrogen and oxygen atoms in total. The molecule has 1 rings (SSSR count). The number of hydrogen-bond acceptors (Lipinski definition) is 3. The van der Waals surface area contributed by atoms with Gasteiger partial charge in [-0.2, -0.15) is 0 Å². The second kappa shape index (κ2) is 4.09. The Morgan fingerprint density at radius 2 is 1.85 bits per heavy atom. The minimum absolute atomic E-state index is 0.0428. The van der Waals surface area contributed by atoms with Crippen LogP contribution in [0.25, 0.3) is 0 Å². The molecule has 0 spiro atoms. The molecule has 0 heterocycles. The van der Waals surface area contributed by atoms with Crippen molar-refractivity contribution in [3.63, 3.8) is 0 Å². The summed E-state index contributed by atoms with van der Waals surface area (Å²) in [5, 5.41) is -0.216. The lowest BCUT2D eigenvalue weighted by molar-refractivity contribution is -0.117. The summed E-state index contributed by atoms with van der Waals surface area (Å²) >= 11 is 0. The van der Waals surface area contributed by atoms with E-state index in [2.05, 4.69) is 0 Å². The smallest absolute Gasteiger partial charge is 0.218 e. The summed E-state index contributed by atoms with van der Waals surface area (Å²) in [4.78, 5) is 10.4. The van der Waals surface area contributed by atoms with Gasteiger partial charge in [0.15, 0.2) is 9.84 Å². The zero-order valence-corrected chi connectivity index (χ0v) is 8.35. The molecule has 1 fully saturated rings. The molecule has 5 heteroatoms. The van der Waals surface area contributed by atoms with Gasteiger partial charge in [0.2, 0.25) is 5.91 Å². The zero-order chi connectivity index (χ0) is 9.90. The molecule has 0 atom stereocenters. The fourth-order valence-electron chi connectivity index (χ4n) is 1.66. The molecule has 13 heavy (non-hydrogen) atoms. The molecule has 1 aliphatic carbocycles. The average molecular weight is 205 g/mol. The largest absolute Gasteiger partial charge is 0.370 e. The molecule has 0 aromatic rings. The monoisotopic (exact) mass is 205 g/mol. The van der Waals surface area contributed by atoms with Gasteiger partial charge in [0.05, 0.1) is 11.0 Å². The normalized spacial score (nSPS) is 19.1. The molecule has 0 aromatic carbocycles. The Balaban J connectivity index is 2.50. The third-order valence-electron chi connectivity index (χ3n) is 2.44. The standard InChI is InChI=1S/C8H15NO3S/c9-8(10)5-6-13(11,12)7-3-1-2-4-7/h7H,1-6H2,(H2,9,10). The maximum atomic E-state index is 11.5. The predicted octanol–water partition coefficient (Wildman–Crippen LogP) is 0.219. The van der Waals surface area contributed by atoms with E-state index in [0.717, 1.165) is 25.7 Å². The number of sulfone groups is 1. The van der Waals surface area contributed by atoms with Crippen LogP contribution in [0, 0.1) is 0 Å². The lowest BCUT2D eigenvalue weighted by atomic mass is 10.4. The Labute approximate surface area is 78.4 Å². The van der Waals surface area contributed by atoms with Gasteiger partial charge in [0.25, 0.3) is 0 Å². The highest BCUT2D eigenvalue weighted by Gasteiger charge is 2.28. The minimum atomic E-state index is -3.06. The van der Waals surface area contributed by atoms with Crippen molar-refractivity contribution < 1.29 is 13.2 Å². The Kier molecular flexibility index (Phi) is 3.30. The van der Waals surface area contributed by atoms with Crippen LogP contribution in [0.4, 0.5) is 0 Å². The van der Waals surface area contributed by atoms with Gasteiger partial charge in [-0.1, -0.05) is 12.8 Å². The number of primary amides is 1. The SMILES string of the molecule is NC(=O)CCS(=O)(=O)C1CCCC1. The highest BCUT2D eigenvalue weighted by atomic mass is 32.2. The molecule has 1 saturated carbocycles. The second-order valence-electron chi connectivity index (χ2n) is 3.49. The van der Waals surface area contributed by atoms with Gasteiger partial charge in [-0.3, -0.25) is 4.79 Å². The molecular weight excluding hydrogens is 190 g/mol. The van der Waals surface area contributed by atoms with Crippen LogP contribution in [0.15, 0.2) is 0 Å². The van der Waals surface area contributed by atoms with E-state index in [1.807, 2.05) is 0 Å². The molecule has 76 valence electrons. The van der Waals surface area contributed by atoms with Crippen LogP contribution in [0.5, 0.6) is 0 Å². The van der Waals surface area contributed by atoms with E-state index in [4.69, 9.17) is 5.73 Å². The van der Waals surface area contributed by atoms with E-state index in [1.54, 1.807) is 0 Å². The molecule has 2 N–H and O–H groups in total. The van der Waals surface area contributed by atoms with Gasteiger partial charge in [-0.05, 0) is 12.8 Å². The first-order valence-electron chi connectivity index (χ1n) is 4.52. The molecule has 0 aliphatic heterocycles. The first kappa shape index (κ1) is 10.5. The van der Waals surface area contributed by atoms with Crippen molar-refractivity contribution in [2.75, 3.05) is 5.75 Å². The number of rotatable bonds is 4. The van der Waals surface area contributed by atoms with E-state index in [0.29, 0.717) is 0 Å². The molecule has 0 bridgehead atoms. The van der Waals surface area contributed by atoms with E-state index in [1.165, 1.54) is 0 Å². The summed E-state index contributed by atoms with van der Waals surface area (Å²) < 4.78 is 23.1. The number of hydrogen-bond donors (Lipinski definition) is 1. The molecule has 0 radical (unpaired) electrons. The van der Waals surface area contributed by atoms with Crippen molar-refractivity contribution in [1.29, 1.82) is 0 Å². The summed E-state index contributed by atoms with van der Waals surface area (Å²) in [6, 6.07) is 0. The third-order valence-corrected chi connectivity index (χ3v) is 4.70. The maximum absolute atomic E-state index is 11.5. The Bertz CT molecular complexity index is 278. The van der Waals surface area contributed by atoms with Crippen molar-refractivity contribution in [2.24, 2.45) is 5.73 Å². The molecule has 1 amide bonds. The van der Waals surface area contributed by atoms with Crippen LogP contribution in [-0.2, 0) is 14.6 Å². The Morgan fingerprint density at radius 1 is 1.31 bits per heavy atom. The topological polar surface area (TPSA) is 77.2 Å². The van der Waals surface area contributed by atoms with Crippen molar-refractivity contribution in [3.05, 3.63) is 0 Å². The average Bonchev–Trinajstić information content (AvgIpc) is 2.53. The van der Waals surface area contributed by atoms with Gasteiger partial charge in [0, 0.05) is 6.42 Å². The first-order chi connectivity index (χ1) is 6.02. The third kappa shape index (κ3) is 2.99. The van der Waals surface area contributed by atoms with Crippen molar-refractivity contribution in [1.82, 2.24) is 0 Å². The van der Waals surface area contributed by atoms with E-state index in [9.17, 15) is 13.2 Å². The predicted molar refractivity (Wildman–Crippen MR) is 49.9 cm³/mol. The van der Waals surface area contributed by atoms with Gasteiger partial charge in [0.1, 0.15) is 0 Å². The number of amides is 1. The van der Waals surface area contributed by atoms with Gasteiger partial charge >= 0.3 is 0 Å². The Morgan fingerprint density at radius 3 is 2.31 bits per heavy atom. The zero-order valence-electron chi connectivity index (χ0n) is 7.53. The molecule has 1 aliphatic rings. The van der Waals surface area contributed by atoms with Crippen molar-refractivity contribution in [2.45, 2.75) is 37.4 Å². The number of nitrogens with two attached hydrogens (primary N) is 1. The molecule has 0 aromatic heterocycles. The molecule has 0 unspecified atom stereocenters. The first-order valence-corrected chi connectivity index (χ1v) is 6.24. The van der Waals surface area contributed by atoms with Crippen molar-refractivity contribution >= 4 is 15.7 Å². The fourth-order valence-corrected chi connectivity index (χ4v) is 3.53. The molecular formula is C8H15NO3S. The van der Waals surface area contributed by atoms with Crippen LogP contribution in [0.1, 0.15) is 32.1 Å². The van der Waals surface area contributed by atoms with Crippen LogP contribution in [0.3, 0.4) is 0 Å². The van der Waals surface area contributed by atoms with Crippen LogP contribution < -0.4 is 5.73 Å². The summed E-state index contributed by atoms with van der Waals surface area (Å²) in [5.41, 5.74) is 4.89. The minimum Gasteiger partial charge on any atom is -0.370 e. The fraction of sp³-hybridized carbons (Fsp3) is 0.875. The summed E-state index contributed by atoms with van der Waals surface area (Å²) in [5.74, 6) is -0.617. The van der Waals surface area contributed by atoms with Crippen molar-refractivity contribution in [3.8, 4) is 0 Å². The number of carbonyl (C=O) groups excluding carboxylic acids is 1. The second-order valence-corrected chi connectivity index (χ2v) is 5.89. The summed E-state index contributed by atoms with van der Waals surface area (Å²) in [7, 11) is -3.06. The lowest BCUT2D eigenvalue weighted by Gasteiger charge is -2.09. The van der Waals surface area contributed by atoms with Gasteiger partial charge < -0.3 is 5.73 Å². The van der Waals surface area contributed by atoms with E-state index >= 15 is 0 Å². The maximum Gasteiger partial charge on any atom is 0.218 e. The van der Waals surface area contributed by atoms with Crippen LogP contribution in [0.2, 0.25) is 0 Å². The highest BCUT2D eigenvalue weighted by Crippen LogP contribution is 2.25. The quantitative estimate of drug-likeness (QED) is 0.713. The van der Waals surface area contributed by atoms with Crippen LogP contribution >= 0.6 is 0 Å². The summed E-state index contributed by atoms with van der Waals surface area (Å²) in [6.07, 6.45) is 3.43. The summed E-state index contributed by atoms with van der Waals surface area (Å²) in [6.45, 7) is 0. The highest BCUT2D eigenvalue weighted by molar-refractivity contribution is 7.92. The Hall–Kier alpha value is -0.580. The van der Waals surface area contributed by atoms with E-state index < -0.39 is 15.7 Å². The number of carbonyl (C=O) groups is 1.